The van der Waals surface area contributed by atoms with Crippen molar-refractivity contribution in [3.8, 4) is 0 Å². The number of nitro benzene ring substituents is 1. The molecule has 0 aliphatic carbocycles. The summed E-state index contributed by atoms with van der Waals surface area (Å²) in [5.41, 5.74) is 2.89. The fourth-order valence-corrected chi connectivity index (χ4v) is 1.98. The molecule has 1 unspecified atom stereocenters. The Balaban J connectivity index is 2.07. The molecule has 0 saturated carbocycles. The van der Waals surface area contributed by atoms with E-state index in [-0.39, 0.29) is 16.7 Å². The van der Waals surface area contributed by atoms with Gasteiger partial charge in [0.2, 0.25) is 0 Å². The standard InChI is InChI=1S/C15H17N3O2/c1-11-3-4-14(9-15(11)18(19)20)12(2)17-10-13-5-7-16-8-6-13/h3-9,12,17H,10H2,1-2H3. The van der Waals surface area contributed by atoms with E-state index in [1.807, 2.05) is 25.1 Å². The second-order valence-corrected chi connectivity index (χ2v) is 4.76. The van der Waals surface area contributed by atoms with Crippen LogP contribution in [0.15, 0.2) is 42.7 Å². The van der Waals surface area contributed by atoms with Gasteiger partial charge in [-0.05, 0) is 37.1 Å². The molecule has 1 aromatic heterocycles. The van der Waals surface area contributed by atoms with E-state index >= 15 is 0 Å². The van der Waals surface area contributed by atoms with Crippen LogP contribution < -0.4 is 5.32 Å². The number of benzene rings is 1. The number of rotatable bonds is 5. The molecule has 2 aromatic rings. The van der Waals surface area contributed by atoms with Crippen LogP contribution in [-0.4, -0.2) is 9.91 Å². The predicted molar refractivity (Wildman–Crippen MR) is 77.3 cm³/mol. The molecule has 2 rings (SSSR count). The highest BCUT2D eigenvalue weighted by Crippen LogP contribution is 2.23. The van der Waals surface area contributed by atoms with Gasteiger partial charge in [-0.1, -0.05) is 12.1 Å². The van der Waals surface area contributed by atoms with Gasteiger partial charge in [0.15, 0.2) is 0 Å². The zero-order chi connectivity index (χ0) is 14.5. The summed E-state index contributed by atoms with van der Waals surface area (Å²) < 4.78 is 0. The van der Waals surface area contributed by atoms with Crippen molar-refractivity contribution in [3.63, 3.8) is 0 Å². The van der Waals surface area contributed by atoms with E-state index in [4.69, 9.17) is 0 Å². The molecule has 0 aliphatic heterocycles. The average molecular weight is 271 g/mol. The van der Waals surface area contributed by atoms with Crippen LogP contribution >= 0.6 is 0 Å². The molecule has 1 N–H and O–H groups in total. The maximum atomic E-state index is 11.0. The third-order valence-electron chi connectivity index (χ3n) is 3.29. The Hall–Kier alpha value is -2.27. The number of hydrogen-bond acceptors (Lipinski definition) is 4. The van der Waals surface area contributed by atoms with Gasteiger partial charge in [-0.15, -0.1) is 0 Å². The average Bonchev–Trinajstić information content (AvgIpc) is 2.46. The number of hydrogen-bond donors (Lipinski definition) is 1. The summed E-state index contributed by atoms with van der Waals surface area (Å²) in [5.74, 6) is 0. The Kier molecular flexibility index (Phi) is 4.42. The minimum atomic E-state index is -0.339. The molecule has 1 atom stereocenters. The first-order valence-electron chi connectivity index (χ1n) is 6.45. The van der Waals surface area contributed by atoms with Crippen molar-refractivity contribution in [2.24, 2.45) is 0 Å². The molecule has 0 amide bonds. The van der Waals surface area contributed by atoms with Crippen LogP contribution in [0, 0.1) is 17.0 Å². The van der Waals surface area contributed by atoms with Crippen LogP contribution in [0.3, 0.4) is 0 Å². The molecule has 0 saturated heterocycles. The quantitative estimate of drug-likeness (QED) is 0.670. The molecule has 5 nitrogen and oxygen atoms in total. The first kappa shape index (κ1) is 14.1. The second kappa shape index (κ2) is 6.25. The van der Waals surface area contributed by atoms with Gasteiger partial charge in [-0.25, -0.2) is 0 Å². The molecule has 5 heteroatoms. The summed E-state index contributed by atoms with van der Waals surface area (Å²) in [4.78, 5) is 14.6. The zero-order valence-corrected chi connectivity index (χ0v) is 11.5. The molecule has 104 valence electrons. The lowest BCUT2D eigenvalue weighted by Crippen LogP contribution is -2.18. The summed E-state index contributed by atoms with van der Waals surface area (Å²) in [5, 5.41) is 14.3. The van der Waals surface area contributed by atoms with Crippen LogP contribution in [0.5, 0.6) is 0 Å². The second-order valence-electron chi connectivity index (χ2n) is 4.76. The molecular formula is C15H17N3O2. The van der Waals surface area contributed by atoms with Crippen LogP contribution in [0.2, 0.25) is 0 Å². The molecule has 1 aromatic carbocycles. The van der Waals surface area contributed by atoms with Gasteiger partial charge in [-0.2, -0.15) is 0 Å². The predicted octanol–water partition coefficient (Wildman–Crippen LogP) is 3.15. The molecule has 20 heavy (non-hydrogen) atoms. The van der Waals surface area contributed by atoms with E-state index in [2.05, 4.69) is 10.3 Å². The molecule has 0 spiro atoms. The summed E-state index contributed by atoms with van der Waals surface area (Å²) in [6.07, 6.45) is 3.50. The third-order valence-corrected chi connectivity index (χ3v) is 3.29. The van der Waals surface area contributed by atoms with Gasteiger partial charge >= 0.3 is 0 Å². The Morgan fingerprint density at radius 1 is 1.30 bits per heavy atom. The Labute approximate surface area is 117 Å². The summed E-state index contributed by atoms with van der Waals surface area (Å²) in [6, 6.07) is 9.28. The molecule has 0 bridgehead atoms. The first-order valence-corrected chi connectivity index (χ1v) is 6.45. The van der Waals surface area contributed by atoms with Crippen LogP contribution in [0.4, 0.5) is 5.69 Å². The molecule has 1 heterocycles. The first-order chi connectivity index (χ1) is 9.58. The smallest absolute Gasteiger partial charge is 0.272 e. The molecule has 0 aliphatic rings. The lowest BCUT2D eigenvalue weighted by molar-refractivity contribution is -0.385. The van der Waals surface area contributed by atoms with Gasteiger partial charge < -0.3 is 5.32 Å². The largest absolute Gasteiger partial charge is 0.306 e. The van der Waals surface area contributed by atoms with Crippen molar-refractivity contribution in [3.05, 3.63) is 69.5 Å². The lowest BCUT2D eigenvalue weighted by Gasteiger charge is -2.14. The van der Waals surface area contributed by atoms with Gasteiger partial charge in [0.25, 0.3) is 5.69 Å². The van der Waals surface area contributed by atoms with Crippen LogP contribution in [0.25, 0.3) is 0 Å². The van der Waals surface area contributed by atoms with Gasteiger partial charge in [0.05, 0.1) is 4.92 Å². The minimum absolute atomic E-state index is 0.0439. The minimum Gasteiger partial charge on any atom is -0.306 e. The number of aromatic nitrogens is 1. The van der Waals surface area contributed by atoms with E-state index in [0.717, 1.165) is 11.1 Å². The Morgan fingerprint density at radius 2 is 2.00 bits per heavy atom. The summed E-state index contributed by atoms with van der Waals surface area (Å²) >= 11 is 0. The van der Waals surface area contributed by atoms with E-state index in [9.17, 15) is 10.1 Å². The number of aryl methyl sites for hydroxylation is 1. The third kappa shape index (κ3) is 3.39. The van der Waals surface area contributed by atoms with Crippen molar-refractivity contribution in [2.45, 2.75) is 26.4 Å². The van der Waals surface area contributed by atoms with Crippen molar-refractivity contribution in [1.82, 2.24) is 10.3 Å². The zero-order valence-electron chi connectivity index (χ0n) is 11.5. The van der Waals surface area contributed by atoms with Crippen LogP contribution in [-0.2, 0) is 6.54 Å². The monoisotopic (exact) mass is 271 g/mol. The summed E-state index contributed by atoms with van der Waals surface area (Å²) in [7, 11) is 0. The van der Waals surface area contributed by atoms with E-state index in [1.165, 1.54) is 0 Å². The highest BCUT2D eigenvalue weighted by Gasteiger charge is 2.14. The fraction of sp³-hybridized carbons (Fsp3) is 0.267. The molecular weight excluding hydrogens is 254 g/mol. The van der Waals surface area contributed by atoms with Crippen molar-refractivity contribution >= 4 is 5.69 Å². The van der Waals surface area contributed by atoms with E-state index < -0.39 is 0 Å². The van der Waals surface area contributed by atoms with Crippen LogP contribution in [0.1, 0.15) is 29.7 Å². The van der Waals surface area contributed by atoms with Gasteiger partial charge in [0.1, 0.15) is 0 Å². The maximum Gasteiger partial charge on any atom is 0.272 e. The lowest BCUT2D eigenvalue weighted by atomic mass is 10.0. The maximum absolute atomic E-state index is 11.0. The van der Waals surface area contributed by atoms with Gasteiger partial charge in [-0.3, -0.25) is 15.1 Å². The fourth-order valence-electron chi connectivity index (χ4n) is 1.98. The summed E-state index contributed by atoms with van der Waals surface area (Å²) in [6.45, 7) is 4.44. The highest BCUT2D eigenvalue weighted by atomic mass is 16.6. The van der Waals surface area contributed by atoms with E-state index in [0.29, 0.717) is 12.1 Å². The van der Waals surface area contributed by atoms with Crippen molar-refractivity contribution in [1.29, 1.82) is 0 Å². The van der Waals surface area contributed by atoms with Crippen molar-refractivity contribution in [2.75, 3.05) is 0 Å². The topological polar surface area (TPSA) is 68.1 Å². The normalized spacial score (nSPS) is 12.1. The SMILES string of the molecule is Cc1ccc(C(C)NCc2ccncc2)cc1[N+](=O)[O-]. The molecule has 0 fully saturated rings. The highest BCUT2D eigenvalue weighted by molar-refractivity contribution is 5.43. The van der Waals surface area contributed by atoms with E-state index in [1.54, 1.807) is 31.5 Å². The Morgan fingerprint density at radius 3 is 2.65 bits per heavy atom. The number of nitrogens with one attached hydrogen (secondary N) is 1. The van der Waals surface area contributed by atoms with Gasteiger partial charge in [0, 0.05) is 36.6 Å². The number of nitro groups is 1. The number of nitrogens with zero attached hydrogens (tertiary/aromatic N) is 2. The van der Waals surface area contributed by atoms with Crippen molar-refractivity contribution < 1.29 is 4.92 Å². The molecule has 0 radical (unpaired) electrons. The number of pyridine rings is 1. The Bertz CT molecular complexity index is 599.